The summed E-state index contributed by atoms with van der Waals surface area (Å²) in [5, 5.41) is 12.3. The van der Waals surface area contributed by atoms with E-state index in [0.717, 1.165) is 10.7 Å². The van der Waals surface area contributed by atoms with Crippen molar-refractivity contribution in [1.82, 2.24) is 5.32 Å². The molecule has 29 heavy (non-hydrogen) atoms. The molecule has 0 radical (unpaired) electrons. The molecule has 0 aromatic heterocycles. The van der Waals surface area contributed by atoms with Crippen LogP contribution in [0.25, 0.3) is 0 Å². The number of rotatable bonds is 5. The molecule has 3 rings (SSSR count). The number of nitrogens with one attached hydrogen (secondary N) is 1. The Morgan fingerprint density at radius 2 is 1.93 bits per heavy atom. The highest BCUT2D eigenvalue weighted by atomic mass is 32.2. The second-order valence-corrected chi connectivity index (χ2v) is 8.27. The predicted octanol–water partition coefficient (Wildman–Crippen LogP) is 2.23. The fraction of sp³-hybridized carbons (Fsp3) is 0.286. The normalized spacial score (nSPS) is 16.2. The summed E-state index contributed by atoms with van der Waals surface area (Å²) >= 11 is 0. The van der Waals surface area contributed by atoms with Gasteiger partial charge >= 0.3 is 5.97 Å². The molecule has 7 nitrogen and oxygen atoms in total. The van der Waals surface area contributed by atoms with Gasteiger partial charge in [-0.2, -0.15) is 0 Å². The molecule has 1 heterocycles. The third-order valence-electron chi connectivity index (χ3n) is 4.47. The van der Waals surface area contributed by atoms with Gasteiger partial charge in [-0.05, 0) is 35.9 Å². The number of para-hydroxylation sites is 1. The van der Waals surface area contributed by atoms with Gasteiger partial charge in [-0.1, -0.05) is 31.0 Å². The van der Waals surface area contributed by atoms with Gasteiger partial charge in [0.25, 0.3) is 10.0 Å². The van der Waals surface area contributed by atoms with Crippen LogP contribution in [0.5, 0.6) is 5.75 Å². The fourth-order valence-electron chi connectivity index (χ4n) is 2.99. The minimum atomic E-state index is -3.96. The van der Waals surface area contributed by atoms with Crippen LogP contribution >= 0.6 is 0 Å². The predicted molar refractivity (Wildman–Crippen MR) is 109 cm³/mol. The van der Waals surface area contributed by atoms with Crippen LogP contribution in [-0.4, -0.2) is 38.7 Å². The van der Waals surface area contributed by atoms with Gasteiger partial charge in [0.15, 0.2) is 0 Å². The number of nitrogens with zero attached hydrogens (tertiary/aromatic N) is 1. The SMILES string of the molecule is CCC#CCOc1ccc(S(=O)(=O)N2CC(C(=O)O)NCc3ccccc32)cc1. The number of hydrogen-bond acceptors (Lipinski definition) is 5. The number of sulfonamides is 1. The van der Waals surface area contributed by atoms with Crippen LogP contribution in [0.2, 0.25) is 0 Å². The average molecular weight is 414 g/mol. The number of fused-ring (bicyclic) bond motifs is 1. The number of carboxylic acids is 1. The molecule has 1 aliphatic heterocycles. The molecule has 152 valence electrons. The first-order valence-corrected chi connectivity index (χ1v) is 10.6. The largest absolute Gasteiger partial charge is 0.481 e. The number of aliphatic carboxylic acids is 1. The Hall–Kier alpha value is -3.02. The quantitative estimate of drug-likeness (QED) is 0.729. The van der Waals surface area contributed by atoms with E-state index in [2.05, 4.69) is 17.2 Å². The lowest BCUT2D eigenvalue weighted by atomic mass is 10.2. The molecule has 0 spiro atoms. The molecular formula is C21H22N2O5S. The van der Waals surface area contributed by atoms with Gasteiger partial charge in [0.2, 0.25) is 0 Å². The Bertz CT molecular complexity index is 1040. The van der Waals surface area contributed by atoms with Crippen molar-refractivity contribution in [2.24, 2.45) is 0 Å². The van der Waals surface area contributed by atoms with E-state index in [1.54, 1.807) is 36.4 Å². The maximum absolute atomic E-state index is 13.3. The molecule has 0 saturated carbocycles. The van der Waals surface area contributed by atoms with Crippen LogP contribution in [0.3, 0.4) is 0 Å². The van der Waals surface area contributed by atoms with Gasteiger partial charge in [-0.25, -0.2) is 8.42 Å². The molecule has 8 heteroatoms. The van der Waals surface area contributed by atoms with Gasteiger partial charge in [0.1, 0.15) is 18.4 Å². The number of carbonyl (C=O) groups is 1. The van der Waals surface area contributed by atoms with Crippen LogP contribution in [0.15, 0.2) is 53.4 Å². The van der Waals surface area contributed by atoms with E-state index in [9.17, 15) is 18.3 Å². The van der Waals surface area contributed by atoms with Crippen molar-refractivity contribution in [3.05, 3.63) is 54.1 Å². The summed E-state index contributed by atoms with van der Waals surface area (Å²) in [6.45, 7) is 2.23. The zero-order valence-corrected chi connectivity index (χ0v) is 16.8. The molecule has 0 aliphatic carbocycles. The minimum absolute atomic E-state index is 0.0605. The van der Waals surface area contributed by atoms with Crippen molar-refractivity contribution < 1.29 is 23.1 Å². The Morgan fingerprint density at radius 3 is 2.62 bits per heavy atom. The molecule has 0 amide bonds. The second kappa shape index (κ2) is 8.99. The van der Waals surface area contributed by atoms with Gasteiger partial charge in [-0.3, -0.25) is 14.4 Å². The first-order valence-electron chi connectivity index (χ1n) is 9.19. The number of carboxylic acid groups (broad SMARTS) is 1. The monoisotopic (exact) mass is 414 g/mol. The van der Waals surface area contributed by atoms with Crippen LogP contribution in [0.4, 0.5) is 5.69 Å². The molecule has 0 saturated heterocycles. The number of benzene rings is 2. The summed E-state index contributed by atoms with van der Waals surface area (Å²) in [4.78, 5) is 11.6. The molecule has 2 aromatic carbocycles. The summed E-state index contributed by atoms with van der Waals surface area (Å²) < 4.78 is 33.3. The van der Waals surface area contributed by atoms with E-state index in [4.69, 9.17) is 4.74 Å². The number of hydrogen-bond donors (Lipinski definition) is 2. The summed E-state index contributed by atoms with van der Waals surface area (Å²) in [6.07, 6.45) is 0.740. The van der Waals surface area contributed by atoms with Crippen molar-refractivity contribution in [2.75, 3.05) is 17.5 Å². The smallest absolute Gasteiger partial charge is 0.322 e. The fourth-order valence-corrected chi connectivity index (χ4v) is 4.51. The molecule has 1 unspecified atom stereocenters. The Balaban J connectivity index is 1.91. The average Bonchev–Trinajstić information content (AvgIpc) is 2.92. The van der Waals surface area contributed by atoms with E-state index >= 15 is 0 Å². The summed E-state index contributed by atoms with van der Waals surface area (Å²) in [5.41, 5.74) is 1.19. The standard InChI is InChI=1S/C21H22N2O5S/c1-2-3-6-13-28-17-9-11-18(12-10-17)29(26,27)23-15-19(21(24)25)22-14-16-7-4-5-8-20(16)23/h4-5,7-12,19,22H,2,13-15H2,1H3,(H,24,25). The minimum Gasteiger partial charge on any atom is -0.481 e. The van der Waals surface area contributed by atoms with Gasteiger partial charge in [-0.15, -0.1) is 5.92 Å². The number of anilines is 1. The zero-order valence-electron chi connectivity index (χ0n) is 16.0. The van der Waals surface area contributed by atoms with E-state index < -0.39 is 22.0 Å². The van der Waals surface area contributed by atoms with Crippen LogP contribution in [0.1, 0.15) is 18.9 Å². The Labute approximate surface area is 170 Å². The first-order chi connectivity index (χ1) is 13.9. The third-order valence-corrected chi connectivity index (χ3v) is 6.26. The van der Waals surface area contributed by atoms with E-state index in [1.165, 1.54) is 12.1 Å². The van der Waals surface area contributed by atoms with Crippen molar-refractivity contribution in [3.63, 3.8) is 0 Å². The lowest BCUT2D eigenvalue weighted by molar-refractivity contribution is -0.139. The lowest BCUT2D eigenvalue weighted by Crippen LogP contribution is -2.45. The topological polar surface area (TPSA) is 95.9 Å². The molecule has 2 aromatic rings. The van der Waals surface area contributed by atoms with E-state index in [0.29, 0.717) is 17.0 Å². The molecule has 0 fully saturated rings. The van der Waals surface area contributed by atoms with E-state index in [-0.39, 0.29) is 24.6 Å². The van der Waals surface area contributed by atoms with Gasteiger partial charge in [0, 0.05) is 13.0 Å². The van der Waals surface area contributed by atoms with Gasteiger partial charge < -0.3 is 9.84 Å². The van der Waals surface area contributed by atoms with Crippen molar-refractivity contribution >= 4 is 21.7 Å². The van der Waals surface area contributed by atoms with Crippen LogP contribution in [-0.2, 0) is 21.4 Å². The van der Waals surface area contributed by atoms with Crippen LogP contribution in [0, 0.1) is 11.8 Å². The maximum atomic E-state index is 13.3. The lowest BCUT2D eigenvalue weighted by Gasteiger charge is -2.26. The highest BCUT2D eigenvalue weighted by molar-refractivity contribution is 7.92. The van der Waals surface area contributed by atoms with Crippen molar-refractivity contribution in [2.45, 2.75) is 30.8 Å². The zero-order chi connectivity index (χ0) is 20.9. The summed E-state index contributed by atoms with van der Waals surface area (Å²) in [6, 6.07) is 12.0. The highest BCUT2D eigenvalue weighted by Crippen LogP contribution is 2.30. The summed E-state index contributed by atoms with van der Waals surface area (Å²) in [5.74, 6) is 5.15. The Morgan fingerprint density at radius 1 is 1.21 bits per heavy atom. The third kappa shape index (κ3) is 4.70. The molecule has 0 bridgehead atoms. The first kappa shape index (κ1) is 20.7. The van der Waals surface area contributed by atoms with E-state index in [1.807, 2.05) is 6.92 Å². The highest BCUT2D eigenvalue weighted by Gasteiger charge is 2.33. The maximum Gasteiger partial charge on any atom is 0.322 e. The number of ether oxygens (including phenoxy) is 1. The summed E-state index contributed by atoms with van der Waals surface area (Å²) in [7, 11) is -3.96. The molecule has 1 aliphatic rings. The van der Waals surface area contributed by atoms with Crippen molar-refractivity contribution in [1.29, 1.82) is 0 Å². The second-order valence-electron chi connectivity index (χ2n) is 6.40. The molecule has 2 N–H and O–H groups in total. The Kier molecular flexibility index (Phi) is 6.42. The van der Waals surface area contributed by atoms with Crippen LogP contribution < -0.4 is 14.4 Å². The molecule has 1 atom stereocenters. The van der Waals surface area contributed by atoms with Crippen molar-refractivity contribution in [3.8, 4) is 17.6 Å². The molecular weight excluding hydrogens is 392 g/mol. The van der Waals surface area contributed by atoms with Gasteiger partial charge in [0.05, 0.1) is 17.1 Å².